The Morgan fingerprint density at radius 3 is 2.90 bits per heavy atom. The van der Waals surface area contributed by atoms with Gasteiger partial charge in [0, 0.05) is 26.2 Å². The second-order valence-corrected chi connectivity index (χ2v) is 4.41. The molecule has 1 aromatic rings. The van der Waals surface area contributed by atoms with Crippen LogP contribution in [-0.4, -0.2) is 40.9 Å². The first-order chi connectivity index (χ1) is 10.0. The maximum absolute atomic E-state index is 12.3. The van der Waals surface area contributed by atoms with E-state index in [9.17, 15) is 14.9 Å². The van der Waals surface area contributed by atoms with Crippen LogP contribution < -0.4 is 5.32 Å². The number of carbonyl (C=O) groups is 1. The topological polar surface area (TPSA) is 112 Å². The summed E-state index contributed by atoms with van der Waals surface area (Å²) in [5.74, 6) is -0.0867. The molecule has 0 unspecified atom stereocenters. The van der Waals surface area contributed by atoms with E-state index >= 15 is 0 Å². The highest BCUT2D eigenvalue weighted by molar-refractivity contribution is 5.99. The van der Waals surface area contributed by atoms with Crippen molar-refractivity contribution in [2.45, 2.75) is 19.8 Å². The van der Waals surface area contributed by atoms with Crippen LogP contribution in [0.3, 0.4) is 0 Å². The largest absolute Gasteiger partial charge is 0.369 e. The summed E-state index contributed by atoms with van der Waals surface area (Å²) in [4.78, 5) is 27.9. The van der Waals surface area contributed by atoms with Gasteiger partial charge in [-0.25, -0.2) is 4.98 Å². The first-order valence-electron chi connectivity index (χ1n) is 6.52. The molecule has 0 atom stereocenters. The molecule has 1 amide bonds. The summed E-state index contributed by atoms with van der Waals surface area (Å²) in [6, 6.07) is 3.15. The van der Waals surface area contributed by atoms with Crippen LogP contribution >= 0.6 is 0 Å². The van der Waals surface area contributed by atoms with Crippen LogP contribution in [0.15, 0.2) is 12.3 Å². The van der Waals surface area contributed by atoms with Crippen molar-refractivity contribution in [3.05, 3.63) is 27.9 Å². The van der Waals surface area contributed by atoms with E-state index in [-0.39, 0.29) is 24.2 Å². The van der Waals surface area contributed by atoms with Crippen molar-refractivity contribution in [1.29, 1.82) is 5.26 Å². The van der Waals surface area contributed by atoms with Gasteiger partial charge in [0.25, 0.3) is 11.6 Å². The number of nitrogens with one attached hydrogen (secondary N) is 1. The molecule has 0 bridgehead atoms. The number of rotatable bonds is 7. The highest BCUT2D eigenvalue weighted by Gasteiger charge is 2.20. The average molecular weight is 291 g/mol. The third-order valence-corrected chi connectivity index (χ3v) is 2.76. The number of hydrogen-bond acceptors (Lipinski definition) is 6. The number of pyridine rings is 1. The second kappa shape index (κ2) is 7.79. The fraction of sp³-hybridized carbons (Fsp3) is 0.462. The smallest absolute Gasteiger partial charge is 0.288 e. The Kier molecular flexibility index (Phi) is 6.07. The van der Waals surface area contributed by atoms with E-state index in [1.807, 2.05) is 13.0 Å². The van der Waals surface area contributed by atoms with Crippen molar-refractivity contribution in [2.75, 3.05) is 25.5 Å². The van der Waals surface area contributed by atoms with Gasteiger partial charge in [0.2, 0.25) is 0 Å². The van der Waals surface area contributed by atoms with Crippen LogP contribution in [0.2, 0.25) is 0 Å². The molecule has 1 aromatic heterocycles. The number of nitro groups is 1. The summed E-state index contributed by atoms with van der Waals surface area (Å²) in [5.41, 5.74) is -0.104. The number of nitriles is 1. The molecule has 0 saturated heterocycles. The highest BCUT2D eigenvalue weighted by Crippen LogP contribution is 2.20. The van der Waals surface area contributed by atoms with Gasteiger partial charge in [-0.3, -0.25) is 14.9 Å². The molecule has 0 fully saturated rings. The predicted molar refractivity (Wildman–Crippen MR) is 76.9 cm³/mol. The molecular weight excluding hydrogens is 274 g/mol. The van der Waals surface area contributed by atoms with Crippen LogP contribution in [0.1, 0.15) is 30.1 Å². The Morgan fingerprint density at radius 1 is 1.62 bits per heavy atom. The number of carbonyl (C=O) groups excluding carboxylic acids is 1. The maximum atomic E-state index is 12.3. The third kappa shape index (κ3) is 4.42. The molecule has 0 aliphatic rings. The van der Waals surface area contributed by atoms with Gasteiger partial charge < -0.3 is 10.2 Å². The maximum Gasteiger partial charge on any atom is 0.288 e. The monoisotopic (exact) mass is 291 g/mol. The highest BCUT2D eigenvalue weighted by atomic mass is 16.6. The Morgan fingerprint density at radius 2 is 2.33 bits per heavy atom. The van der Waals surface area contributed by atoms with E-state index in [0.29, 0.717) is 12.4 Å². The molecule has 0 aromatic carbocycles. The number of nitrogens with zero attached hydrogens (tertiary/aromatic N) is 4. The molecule has 0 spiro atoms. The van der Waals surface area contributed by atoms with Gasteiger partial charge in [-0.05, 0) is 6.42 Å². The summed E-state index contributed by atoms with van der Waals surface area (Å²) in [7, 11) is 1.54. The fourth-order valence-electron chi connectivity index (χ4n) is 1.63. The number of hydrogen-bond donors (Lipinski definition) is 1. The normalized spacial score (nSPS) is 9.76. The zero-order chi connectivity index (χ0) is 15.8. The molecule has 8 nitrogen and oxygen atoms in total. The lowest BCUT2D eigenvalue weighted by Gasteiger charge is -2.17. The summed E-state index contributed by atoms with van der Waals surface area (Å²) >= 11 is 0. The molecule has 1 rings (SSSR count). The quantitative estimate of drug-likeness (QED) is 0.605. The second-order valence-electron chi connectivity index (χ2n) is 4.41. The van der Waals surface area contributed by atoms with E-state index < -0.39 is 10.8 Å². The Bertz CT molecular complexity index is 567. The van der Waals surface area contributed by atoms with E-state index in [1.165, 1.54) is 11.0 Å². The van der Waals surface area contributed by atoms with Gasteiger partial charge in [0.05, 0.1) is 23.0 Å². The van der Waals surface area contributed by atoms with Gasteiger partial charge in [-0.2, -0.15) is 5.26 Å². The minimum Gasteiger partial charge on any atom is -0.369 e. The standard InChI is InChI=1S/C13H17N5O3/c1-3-6-15-12-11(8-10(9-16-12)18(20)21)13(19)17(2)7-4-5-14/h8-9H,3-4,6-7H2,1-2H3,(H,15,16). The Labute approximate surface area is 122 Å². The number of aromatic nitrogens is 1. The molecule has 0 aliphatic carbocycles. The van der Waals surface area contributed by atoms with Crippen molar-refractivity contribution in [3.8, 4) is 6.07 Å². The molecular formula is C13H17N5O3. The zero-order valence-electron chi connectivity index (χ0n) is 12.0. The molecule has 1 N–H and O–H groups in total. The lowest BCUT2D eigenvalue weighted by atomic mass is 10.2. The predicted octanol–water partition coefficient (Wildman–Crippen LogP) is 1.80. The average Bonchev–Trinajstić information content (AvgIpc) is 2.49. The number of amides is 1. The number of anilines is 1. The molecule has 0 aliphatic heterocycles. The first-order valence-corrected chi connectivity index (χ1v) is 6.52. The Balaban J connectivity index is 3.09. The summed E-state index contributed by atoms with van der Waals surface area (Å²) in [6.07, 6.45) is 2.14. The van der Waals surface area contributed by atoms with E-state index in [1.54, 1.807) is 7.05 Å². The van der Waals surface area contributed by atoms with Gasteiger partial charge in [-0.15, -0.1) is 0 Å². The van der Waals surface area contributed by atoms with Crippen molar-refractivity contribution in [1.82, 2.24) is 9.88 Å². The minimum atomic E-state index is -0.595. The fourth-order valence-corrected chi connectivity index (χ4v) is 1.63. The van der Waals surface area contributed by atoms with Crippen LogP contribution in [-0.2, 0) is 0 Å². The molecule has 8 heteroatoms. The van der Waals surface area contributed by atoms with Crippen molar-refractivity contribution >= 4 is 17.4 Å². The summed E-state index contributed by atoms with van der Waals surface area (Å²) in [6.45, 7) is 2.82. The van der Waals surface area contributed by atoms with E-state index in [0.717, 1.165) is 12.6 Å². The van der Waals surface area contributed by atoms with Crippen LogP contribution in [0.4, 0.5) is 11.5 Å². The van der Waals surface area contributed by atoms with Crippen molar-refractivity contribution in [3.63, 3.8) is 0 Å². The summed E-state index contributed by atoms with van der Waals surface area (Å²) < 4.78 is 0. The molecule has 1 heterocycles. The zero-order valence-corrected chi connectivity index (χ0v) is 12.0. The van der Waals surface area contributed by atoms with Crippen LogP contribution in [0.5, 0.6) is 0 Å². The van der Waals surface area contributed by atoms with Crippen LogP contribution in [0, 0.1) is 21.4 Å². The van der Waals surface area contributed by atoms with Crippen molar-refractivity contribution < 1.29 is 9.72 Å². The SMILES string of the molecule is CCCNc1ncc([N+](=O)[O-])cc1C(=O)N(C)CCC#N. The van der Waals surface area contributed by atoms with Crippen LogP contribution in [0.25, 0.3) is 0 Å². The van der Waals surface area contributed by atoms with Gasteiger partial charge in [-0.1, -0.05) is 6.92 Å². The minimum absolute atomic E-state index is 0.137. The third-order valence-electron chi connectivity index (χ3n) is 2.76. The van der Waals surface area contributed by atoms with Gasteiger partial charge in [0.15, 0.2) is 0 Å². The first kappa shape index (κ1) is 16.4. The van der Waals surface area contributed by atoms with Gasteiger partial charge in [0.1, 0.15) is 12.0 Å². The van der Waals surface area contributed by atoms with E-state index in [4.69, 9.17) is 5.26 Å². The summed E-state index contributed by atoms with van der Waals surface area (Å²) in [5, 5.41) is 22.3. The van der Waals surface area contributed by atoms with Crippen molar-refractivity contribution in [2.24, 2.45) is 0 Å². The molecule has 0 saturated carbocycles. The lowest BCUT2D eigenvalue weighted by Crippen LogP contribution is -2.28. The lowest BCUT2D eigenvalue weighted by molar-refractivity contribution is -0.385. The molecule has 21 heavy (non-hydrogen) atoms. The van der Waals surface area contributed by atoms with Gasteiger partial charge >= 0.3 is 0 Å². The molecule has 0 radical (unpaired) electrons. The molecule has 112 valence electrons. The Hall–Kier alpha value is -2.69. The van der Waals surface area contributed by atoms with E-state index in [2.05, 4.69) is 10.3 Å².